The Morgan fingerprint density at radius 1 is 1.59 bits per heavy atom. The van der Waals surface area contributed by atoms with Gasteiger partial charge in [-0.2, -0.15) is 11.8 Å². The lowest BCUT2D eigenvalue weighted by molar-refractivity contribution is 0.495. The van der Waals surface area contributed by atoms with E-state index in [1.54, 1.807) is 6.20 Å². The third-order valence-corrected chi connectivity index (χ3v) is 4.93. The van der Waals surface area contributed by atoms with E-state index < -0.39 is 0 Å². The Hall–Kier alpha value is -0.740. The molecular weight excluding hydrogens is 230 g/mol. The zero-order valence-corrected chi connectivity index (χ0v) is 11.2. The largest absolute Gasteiger partial charge is 0.398 e. The summed E-state index contributed by atoms with van der Waals surface area (Å²) >= 11 is 2.10. The van der Waals surface area contributed by atoms with E-state index in [0.29, 0.717) is 11.3 Å². The second-order valence-corrected chi connectivity index (χ2v) is 5.93. The minimum absolute atomic E-state index is 0.506. The Bertz CT molecular complexity index is 350. The number of aromatic nitrogens is 1. The van der Waals surface area contributed by atoms with Crippen molar-refractivity contribution in [3.8, 4) is 0 Å². The molecule has 17 heavy (non-hydrogen) atoms. The molecule has 0 spiro atoms. The van der Waals surface area contributed by atoms with Gasteiger partial charge < -0.3 is 11.1 Å². The molecule has 2 atom stereocenters. The molecule has 2 heterocycles. The third-order valence-electron chi connectivity index (χ3n) is 3.42. The van der Waals surface area contributed by atoms with Gasteiger partial charge in [0, 0.05) is 29.4 Å². The molecule has 0 aromatic carbocycles. The second-order valence-electron chi connectivity index (χ2n) is 4.58. The number of nitrogens with two attached hydrogens (primary N) is 1. The highest BCUT2D eigenvalue weighted by Crippen LogP contribution is 2.29. The predicted molar refractivity (Wildman–Crippen MR) is 75.3 cm³/mol. The Morgan fingerprint density at radius 2 is 2.47 bits per heavy atom. The van der Waals surface area contributed by atoms with Gasteiger partial charge in [0.25, 0.3) is 0 Å². The van der Waals surface area contributed by atoms with Gasteiger partial charge in [-0.05, 0) is 43.7 Å². The van der Waals surface area contributed by atoms with Crippen LogP contribution in [-0.4, -0.2) is 29.1 Å². The highest BCUT2D eigenvalue weighted by atomic mass is 32.2. The van der Waals surface area contributed by atoms with Crippen LogP contribution in [0.5, 0.6) is 0 Å². The molecule has 1 aliphatic rings. The van der Waals surface area contributed by atoms with Crippen molar-refractivity contribution in [2.24, 2.45) is 0 Å². The first-order valence-corrected chi connectivity index (χ1v) is 7.33. The first-order valence-electron chi connectivity index (χ1n) is 6.28. The van der Waals surface area contributed by atoms with Crippen molar-refractivity contribution in [2.75, 3.05) is 18.5 Å². The summed E-state index contributed by atoms with van der Waals surface area (Å²) in [4.78, 5) is 4.16. The minimum atomic E-state index is 0.506. The maximum absolute atomic E-state index is 5.98. The van der Waals surface area contributed by atoms with Gasteiger partial charge >= 0.3 is 0 Å². The molecule has 0 saturated carbocycles. The number of thioether (sulfide) groups is 1. The molecule has 1 saturated heterocycles. The van der Waals surface area contributed by atoms with E-state index in [4.69, 9.17) is 5.73 Å². The van der Waals surface area contributed by atoms with Crippen molar-refractivity contribution >= 4 is 17.4 Å². The van der Waals surface area contributed by atoms with Crippen LogP contribution in [0.4, 0.5) is 5.69 Å². The summed E-state index contributed by atoms with van der Waals surface area (Å²) in [6.07, 6.45) is 8.67. The maximum atomic E-state index is 5.98. The van der Waals surface area contributed by atoms with Crippen LogP contribution in [0.3, 0.4) is 0 Å². The zero-order valence-electron chi connectivity index (χ0n) is 10.4. The third kappa shape index (κ3) is 3.36. The molecule has 94 valence electrons. The molecule has 3 N–H and O–H groups in total. The summed E-state index contributed by atoms with van der Waals surface area (Å²) in [6.45, 7) is 0. The van der Waals surface area contributed by atoms with Gasteiger partial charge in [0.05, 0.1) is 0 Å². The van der Waals surface area contributed by atoms with Crippen molar-refractivity contribution in [1.82, 2.24) is 10.3 Å². The average molecular weight is 251 g/mol. The van der Waals surface area contributed by atoms with Gasteiger partial charge in [-0.25, -0.2) is 0 Å². The number of likely N-dealkylation sites (N-methyl/N-ethyl adjacent to an activating group) is 1. The normalized spacial score (nSPS) is 22.3. The fourth-order valence-corrected chi connectivity index (χ4v) is 3.82. The van der Waals surface area contributed by atoms with Crippen LogP contribution in [-0.2, 0) is 6.42 Å². The van der Waals surface area contributed by atoms with Gasteiger partial charge in [0.2, 0.25) is 0 Å². The standard InChI is InChI=1S/C13H21N3S/c1-15-12(13-4-2-3-7-17-13)8-10-9-16-6-5-11(10)14/h5-6,9,12-13,15H,2-4,7-8H2,1H3,(H2,14,16). The minimum Gasteiger partial charge on any atom is -0.398 e. The number of hydrogen-bond acceptors (Lipinski definition) is 4. The molecule has 2 rings (SSSR count). The first-order chi connectivity index (χ1) is 8.31. The number of nitrogens with zero attached hydrogens (tertiary/aromatic N) is 1. The number of anilines is 1. The van der Waals surface area contributed by atoms with E-state index in [2.05, 4.69) is 22.1 Å². The molecule has 0 aliphatic carbocycles. The molecular formula is C13H21N3S. The van der Waals surface area contributed by atoms with Gasteiger partial charge in [-0.15, -0.1) is 0 Å². The van der Waals surface area contributed by atoms with E-state index >= 15 is 0 Å². The van der Waals surface area contributed by atoms with Crippen molar-refractivity contribution < 1.29 is 0 Å². The number of hydrogen-bond donors (Lipinski definition) is 2. The lowest BCUT2D eigenvalue weighted by atomic mass is 10.00. The van der Waals surface area contributed by atoms with Gasteiger partial charge in [-0.1, -0.05) is 6.42 Å². The number of pyridine rings is 1. The smallest absolute Gasteiger partial charge is 0.0378 e. The molecule has 1 aromatic rings. The molecule has 1 aromatic heterocycles. The van der Waals surface area contributed by atoms with E-state index in [9.17, 15) is 0 Å². The first kappa shape index (κ1) is 12.7. The van der Waals surface area contributed by atoms with Crippen LogP contribution >= 0.6 is 11.8 Å². The molecule has 2 unspecified atom stereocenters. The van der Waals surface area contributed by atoms with E-state index in [1.807, 2.05) is 19.3 Å². The summed E-state index contributed by atoms with van der Waals surface area (Å²) in [5, 5.41) is 4.16. The average Bonchev–Trinajstić information content (AvgIpc) is 2.39. The van der Waals surface area contributed by atoms with Gasteiger partial charge in [-0.3, -0.25) is 4.98 Å². The Labute approximate surface area is 108 Å². The molecule has 4 heteroatoms. The lowest BCUT2D eigenvalue weighted by Gasteiger charge is -2.29. The van der Waals surface area contributed by atoms with E-state index in [1.165, 1.54) is 25.0 Å². The monoisotopic (exact) mass is 251 g/mol. The predicted octanol–water partition coefficient (Wildman–Crippen LogP) is 2.08. The van der Waals surface area contributed by atoms with Crippen molar-refractivity contribution in [3.63, 3.8) is 0 Å². The Morgan fingerprint density at radius 3 is 3.12 bits per heavy atom. The molecule has 0 amide bonds. The quantitative estimate of drug-likeness (QED) is 0.860. The number of nitrogen functional groups attached to an aromatic ring is 1. The maximum Gasteiger partial charge on any atom is 0.0378 e. The highest BCUT2D eigenvalue weighted by molar-refractivity contribution is 8.00. The Kier molecular flexibility index (Phi) is 4.68. The molecule has 0 bridgehead atoms. The molecule has 1 aliphatic heterocycles. The number of rotatable bonds is 4. The highest BCUT2D eigenvalue weighted by Gasteiger charge is 2.23. The van der Waals surface area contributed by atoms with E-state index in [0.717, 1.165) is 17.7 Å². The van der Waals surface area contributed by atoms with Crippen LogP contribution in [0.2, 0.25) is 0 Å². The Balaban J connectivity index is 2.01. The summed E-state index contributed by atoms with van der Waals surface area (Å²) in [6, 6.07) is 2.39. The van der Waals surface area contributed by atoms with Gasteiger partial charge in [0.1, 0.15) is 0 Å². The lowest BCUT2D eigenvalue weighted by Crippen LogP contribution is -2.39. The molecule has 3 nitrogen and oxygen atoms in total. The van der Waals surface area contributed by atoms with Crippen LogP contribution in [0.15, 0.2) is 18.5 Å². The van der Waals surface area contributed by atoms with Crippen LogP contribution in [0, 0.1) is 0 Å². The van der Waals surface area contributed by atoms with Crippen molar-refractivity contribution in [1.29, 1.82) is 0 Å². The zero-order chi connectivity index (χ0) is 12.1. The van der Waals surface area contributed by atoms with Crippen molar-refractivity contribution in [3.05, 3.63) is 24.0 Å². The summed E-state index contributed by atoms with van der Waals surface area (Å²) in [7, 11) is 2.05. The molecule has 0 radical (unpaired) electrons. The fraction of sp³-hybridized carbons (Fsp3) is 0.615. The van der Waals surface area contributed by atoms with Crippen LogP contribution < -0.4 is 11.1 Å². The number of nitrogens with one attached hydrogen (secondary N) is 1. The summed E-state index contributed by atoms with van der Waals surface area (Å²) in [5.41, 5.74) is 8.01. The van der Waals surface area contributed by atoms with Crippen LogP contribution in [0.25, 0.3) is 0 Å². The van der Waals surface area contributed by atoms with E-state index in [-0.39, 0.29) is 0 Å². The SMILES string of the molecule is CNC(Cc1cnccc1N)C1CCCCS1. The summed E-state index contributed by atoms with van der Waals surface area (Å²) in [5.74, 6) is 1.30. The fourth-order valence-electron chi connectivity index (χ4n) is 2.35. The second kappa shape index (κ2) is 6.26. The summed E-state index contributed by atoms with van der Waals surface area (Å²) < 4.78 is 0. The van der Waals surface area contributed by atoms with Crippen molar-refractivity contribution in [2.45, 2.75) is 37.0 Å². The topological polar surface area (TPSA) is 50.9 Å². The van der Waals surface area contributed by atoms with Crippen LogP contribution in [0.1, 0.15) is 24.8 Å². The molecule has 1 fully saturated rings. The van der Waals surface area contributed by atoms with Gasteiger partial charge in [0.15, 0.2) is 0 Å².